The molecule has 3 aromatic heterocycles. The van der Waals surface area contributed by atoms with E-state index in [0.29, 0.717) is 10.6 Å². The average molecular weight is 385 g/mol. The van der Waals surface area contributed by atoms with Crippen LogP contribution in [0.3, 0.4) is 0 Å². The molecule has 0 fully saturated rings. The second-order valence-electron chi connectivity index (χ2n) is 5.18. The lowest BCUT2D eigenvalue weighted by atomic mass is 10.2. The fraction of sp³-hybridized carbons (Fsp3) is 0.214. The molecule has 1 amide bonds. The molecule has 0 aliphatic heterocycles. The predicted octanol–water partition coefficient (Wildman–Crippen LogP) is 1.21. The smallest absolute Gasteiger partial charge is 0.300 e. The van der Waals surface area contributed by atoms with Crippen LogP contribution in [0.15, 0.2) is 33.3 Å². The number of pyridine rings is 1. The van der Waals surface area contributed by atoms with Crippen molar-refractivity contribution in [1.82, 2.24) is 19.1 Å². The average Bonchev–Trinajstić information content (AvgIpc) is 3.08. The summed E-state index contributed by atoms with van der Waals surface area (Å²) < 4.78 is 39.8. The van der Waals surface area contributed by atoms with Gasteiger partial charge in [0.05, 0.1) is 5.39 Å². The van der Waals surface area contributed by atoms with Gasteiger partial charge in [0, 0.05) is 18.6 Å². The number of alkyl halides is 3. The Balaban J connectivity index is 2.06. The van der Waals surface area contributed by atoms with Crippen LogP contribution in [0.1, 0.15) is 5.69 Å². The molecule has 12 heteroatoms. The molecule has 3 heterocycles. The number of halogens is 3. The number of nitrogens with zero attached hydrogens (tertiary/aromatic N) is 4. The summed E-state index contributed by atoms with van der Waals surface area (Å²) in [6.45, 7) is -0.609. The monoisotopic (exact) mass is 385 g/mol. The Morgan fingerprint density at radius 3 is 2.65 bits per heavy atom. The summed E-state index contributed by atoms with van der Waals surface area (Å²) in [6, 6.07) is 1.58. The van der Waals surface area contributed by atoms with Gasteiger partial charge in [-0.1, -0.05) is 0 Å². The zero-order valence-electron chi connectivity index (χ0n) is 13.1. The first-order chi connectivity index (χ1) is 12.2. The third-order valence-electron chi connectivity index (χ3n) is 3.46. The number of fused-ring (bicyclic) bond motifs is 1. The zero-order chi connectivity index (χ0) is 19.1. The van der Waals surface area contributed by atoms with E-state index in [0.717, 1.165) is 22.0 Å². The maximum absolute atomic E-state index is 12.8. The van der Waals surface area contributed by atoms with E-state index in [-0.39, 0.29) is 10.5 Å². The van der Waals surface area contributed by atoms with E-state index in [9.17, 15) is 27.6 Å². The molecule has 1 N–H and O–H groups in total. The molecule has 0 aliphatic rings. The molecule has 3 rings (SSSR count). The number of hydrogen-bond donors (Lipinski definition) is 1. The van der Waals surface area contributed by atoms with Crippen LogP contribution in [0.4, 0.5) is 18.3 Å². The lowest BCUT2D eigenvalue weighted by Gasteiger charge is -2.12. The van der Waals surface area contributed by atoms with E-state index in [2.05, 4.69) is 15.3 Å². The Bertz CT molecular complexity index is 1100. The normalized spacial score (nSPS) is 11.7. The van der Waals surface area contributed by atoms with E-state index in [1.54, 1.807) is 5.38 Å². The van der Waals surface area contributed by atoms with Crippen LogP contribution in [-0.4, -0.2) is 25.0 Å². The summed E-state index contributed by atoms with van der Waals surface area (Å²) >= 11 is 1.15. The van der Waals surface area contributed by atoms with Crippen LogP contribution < -0.4 is 16.6 Å². The van der Waals surface area contributed by atoms with Gasteiger partial charge in [-0.2, -0.15) is 13.2 Å². The van der Waals surface area contributed by atoms with E-state index in [1.807, 2.05) is 0 Å². The fourth-order valence-electron chi connectivity index (χ4n) is 2.26. The van der Waals surface area contributed by atoms with Crippen LogP contribution in [-0.2, 0) is 24.6 Å². The summed E-state index contributed by atoms with van der Waals surface area (Å²) in [4.78, 5) is 44.0. The van der Waals surface area contributed by atoms with Crippen molar-refractivity contribution in [1.29, 1.82) is 0 Å². The second-order valence-corrected chi connectivity index (χ2v) is 6.08. The highest BCUT2D eigenvalue weighted by molar-refractivity contribution is 7.13. The SMILES string of the molecule is Cn1c(=O)n(CC(=O)Nc2nccs2)c(=O)c2ccc(C(F)(F)F)nc21. The van der Waals surface area contributed by atoms with Crippen molar-refractivity contribution in [2.75, 3.05) is 5.32 Å². The number of carbonyl (C=O) groups is 1. The van der Waals surface area contributed by atoms with Crippen molar-refractivity contribution < 1.29 is 18.0 Å². The van der Waals surface area contributed by atoms with Gasteiger partial charge in [0.15, 0.2) is 5.13 Å². The van der Waals surface area contributed by atoms with Gasteiger partial charge in [-0.3, -0.25) is 18.7 Å². The first-order valence-electron chi connectivity index (χ1n) is 7.05. The molecule has 0 bridgehead atoms. The van der Waals surface area contributed by atoms with Crippen molar-refractivity contribution in [2.24, 2.45) is 7.05 Å². The molecule has 3 aromatic rings. The minimum atomic E-state index is -4.72. The third-order valence-corrected chi connectivity index (χ3v) is 4.15. The van der Waals surface area contributed by atoms with Crippen LogP contribution >= 0.6 is 11.3 Å². The van der Waals surface area contributed by atoms with Crippen molar-refractivity contribution in [2.45, 2.75) is 12.7 Å². The van der Waals surface area contributed by atoms with Gasteiger partial charge >= 0.3 is 11.9 Å². The minimum absolute atomic E-state index is 0.206. The third kappa shape index (κ3) is 3.22. The summed E-state index contributed by atoms with van der Waals surface area (Å²) in [5.74, 6) is -0.668. The van der Waals surface area contributed by atoms with Crippen molar-refractivity contribution in [3.05, 3.63) is 50.2 Å². The van der Waals surface area contributed by atoms with Crippen LogP contribution in [0, 0.1) is 0 Å². The first-order valence-corrected chi connectivity index (χ1v) is 7.93. The molecule has 0 saturated heterocycles. The van der Waals surface area contributed by atoms with E-state index >= 15 is 0 Å². The van der Waals surface area contributed by atoms with Gasteiger partial charge < -0.3 is 5.32 Å². The molecular weight excluding hydrogens is 375 g/mol. The molecule has 26 heavy (non-hydrogen) atoms. The molecule has 0 unspecified atom stereocenters. The second kappa shape index (κ2) is 6.37. The van der Waals surface area contributed by atoms with Crippen LogP contribution in [0.5, 0.6) is 0 Å². The lowest BCUT2D eigenvalue weighted by Crippen LogP contribution is -2.42. The van der Waals surface area contributed by atoms with Gasteiger partial charge in [0.1, 0.15) is 17.9 Å². The highest BCUT2D eigenvalue weighted by Gasteiger charge is 2.33. The molecule has 0 radical (unpaired) electrons. The fourth-order valence-corrected chi connectivity index (χ4v) is 2.80. The Morgan fingerprint density at radius 1 is 1.31 bits per heavy atom. The van der Waals surface area contributed by atoms with Crippen LogP contribution in [0.2, 0.25) is 0 Å². The topological polar surface area (TPSA) is 98.9 Å². The number of thiazole rings is 1. The zero-order valence-corrected chi connectivity index (χ0v) is 13.9. The van der Waals surface area contributed by atoms with Crippen molar-refractivity contribution >= 4 is 33.4 Å². The van der Waals surface area contributed by atoms with Gasteiger partial charge in [0.25, 0.3) is 5.56 Å². The molecule has 0 spiro atoms. The predicted molar refractivity (Wildman–Crippen MR) is 87.0 cm³/mol. The highest BCUT2D eigenvalue weighted by Crippen LogP contribution is 2.28. The van der Waals surface area contributed by atoms with Crippen LogP contribution in [0.25, 0.3) is 11.0 Å². The Morgan fingerprint density at radius 2 is 2.04 bits per heavy atom. The molecule has 8 nitrogen and oxygen atoms in total. The maximum Gasteiger partial charge on any atom is 0.433 e. The molecular formula is C14H10F3N5O3S. The molecule has 0 saturated carbocycles. The maximum atomic E-state index is 12.8. The van der Waals surface area contributed by atoms with Gasteiger partial charge in [-0.25, -0.2) is 14.8 Å². The number of aromatic nitrogens is 4. The first kappa shape index (κ1) is 17.8. The van der Waals surface area contributed by atoms with Crippen molar-refractivity contribution in [3.63, 3.8) is 0 Å². The number of carbonyl (C=O) groups excluding carboxylic acids is 1. The Labute approximate surface area is 146 Å². The summed E-state index contributed by atoms with van der Waals surface area (Å²) in [5.41, 5.74) is -3.49. The standard InChI is InChI=1S/C14H10F3N5O3S/c1-21-10-7(2-3-8(19-10)14(15,16)17)11(24)22(13(21)25)6-9(23)20-12-18-4-5-26-12/h2-5H,6H2,1H3,(H,18,20,23). The number of nitrogens with one attached hydrogen (secondary N) is 1. The molecule has 136 valence electrons. The van der Waals surface area contributed by atoms with Gasteiger partial charge in [0.2, 0.25) is 5.91 Å². The highest BCUT2D eigenvalue weighted by atomic mass is 32.1. The molecule has 0 aliphatic carbocycles. The summed E-state index contributed by atoms with van der Waals surface area (Å²) in [6.07, 6.45) is -3.25. The molecule has 0 aromatic carbocycles. The lowest BCUT2D eigenvalue weighted by molar-refractivity contribution is -0.141. The quantitative estimate of drug-likeness (QED) is 0.731. The number of rotatable bonds is 3. The van der Waals surface area contributed by atoms with Gasteiger partial charge in [-0.05, 0) is 12.1 Å². The largest absolute Gasteiger partial charge is 0.433 e. The van der Waals surface area contributed by atoms with Crippen molar-refractivity contribution in [3.8, 4) is 0 Å². The Hall–Kier alpha value is -3.02. The number of anilines is 1. The van der Waals surface area contributed by atoms with E-state index in [4.69, 9.17) is 0 Å². The Kier molecular flexibility index (Phi) is 4.36. The number of amides is 1. The van der Waals surface area contributed by atoms with E-state index < -0.39 is 41.2 Å². The minimum Gasteiger partial charge on any atom is -0.300 e. The number of aryl methyl sites for hydroxylation is 1. The summed E-state index contributed by atoms with van der Waals surface area (Å²) in [5, 5.41) is 4.13. The van der Waals surface area contributed by atoms with E-state index in [1.165, 1.54) is 13.2 Å². The number of hydrogen-bond acceptors (Lipinski definition) is 6. The van der Waals surface area contributed by atoms with Gasteiger partial charge in [-0.15, -0.1) is 11.3 Å². The summed E-state index contributed by atoms with van der Waals surface area (Å²) in [7, 11) is 1.17. The molecule has 0 atom stereocenters.